The van der Waals surface area contributed by atoms with Crippen LogP contribution in [0.15, 0.2) is 22.7 Å². The zero-order valence-corrected chi connectivity index (χ0v) is 12.9. The van der Waals surface area contributed by atoms with E-state index in [1.807, 2.05) is 6.07 Å². The first-order valence-electron chi connectivity index (χ1n) is 6.83. The van der Waals surface area contributed by atoms with Crippen molar-refractivity contribution in [2.24, 2.45) is 11.7 Å². The van der Waals surface area contributed by atoms with Crippen LogP contribution in [-0.2, 0) is 11.2 Å². The molecule has 0 saturated heterocycles. The van der Waals surface area contributed by atoms with Gasteiger partial charge >= 0.3 is 0 Å². The molecular weight excluding hydrogens is 304 g/mol. The summed E-state index contributed by atoms with van der Waals surface area (Å²) >= 11 is 3.48. The first kappa shape index (κ1) is 14.5. The third-order valence-electron chi connectivity index (χ3n) is 3.63. The van der Waals surface area contributed by atoms with Gasteiger partial charge in [-0.15, -0.1) is 0 Å². The molecule has 0 aromatic heterocycles. The van der Waals surface area contributed by atoms with Gasteiger partial charge in [0, 0.05) is 23.5 Å². The number of hydrogen-bond acceptors (Lipinski definition) is 2. The molecular formula is C15H21BrN2O. The van der Waals surface area contributed by atoms with Crippen LogP contribution >= 0.6 is 15.9 Å². The highest BCUT2D eigenvalue weighted by molar-refractivity contribution is 9.10. The molecule has 0 bridgehead atoms. The zero-order valence-electron chi connectivity index (χ0n) is 11.3. The van der Waals surface area contributed by atoms with Gasteiger partial charge in [-0.25, -0.2) is 0 Å². The van der Waals surface area contributed by atoms with Gasteiger partial charge in [-0.2, -0.15) is 0 Å². The van der Waals surface area contributed by atoms with Gasteiger partial charge in [0.25, 0.3) is 0 Å². The van der Waals surface area contributed by atoms with E-state index in [0.717, 1.165) is 10.9 Å². The molecule has 0 spiro atoms. The molecule has 1 aliphatic rings. The van der Waals surface area contributed by atoms with E-state index in [9.17, 15) is 4.79 Å². The van der Waals surface area contributed by atoms with E-state index in [-0.39, 0.29) is 11.9 Å². The predicted octanol–water partition coefficient (Wildman–Crippen LogP) is 2.54. The van der Waals surface area contributed by atoms with Crippen LogP contribution in [0.1, 0.15) is 30.4 Å². The number of nitrogens with two attached hydrogens (primary N) is 1. The van der Waals surface area contributed by atoms with E-state index < -0.39 is 0 Å². The molecule has 1 atom stereocenters. The fourth-order valence-electron chi connectivity index (χ4n) is 2.13. The number of benzene rings is 1. The Morgan fingerprint density at radius 1 is 1.53 bits per heavy atom. The Labute approximate surface area is 123 Å². The number of hydrogen-bond donors (Lipinski definition) is 2. The molecule has 104 valence electrons. The van der Waals surface area contributed by atoms with Gasteiger partial charge in [0.1, 0.15) is 0 Å². The summed E-state index contributed by atoms with van der Waals surface area (Å²) in [7, 11) is 0. The van der Waals surface area contributed by atoms with E-state index in [1.165, 1.54) is 24.0 Å². The van der Waals surface area contributed by atoms with Crippen LogP contribution in [-0.4, -0.2) is 18.5 Å². The molecule has 3 nitrogen and oxygen atoms in total. The van der Waals surface area contributed by atoms with E-state index in [0.29, 0.717) is 18.9 Å². The maximum Gasteiger partial charge on any atom is 0.220 e. The largest absolute Gasteiger partial charge is 0.355 e. The smallest absolute Gasteiger partial charge is 0.220 e. The molecule has 1 fully saturated rings. The Kier molecular flexibility index (Phi) is 4.99. The van der Waals surface area contributed by atoms with Crippen molar-refractivity contribution < 1.29 is 4.79 Å². The first-order valence-corrected chi connectivity index (χ1v) is 7.63. The van der Waals surface area contributed by atoms with Crippen molar-refractivity contribution >= 4 is 21.8 Å². The van der Waals surface area contributed by atoms with Gasteiger partial charge in [-0.1, -0.05) is 28.1 Å². The first-order chi connectivity index (χ1) is 9.06. The number of amides is 1. The van der Waals surface area contributed by atoms with E-state index >= 15 is 0 Å². The second kappa shape index (κ2) is 6.53. The Morgan fingerprint density at radius 3 is 2.89 bits per heavy atom. The molecule has 1 saturated carbocycles. The van der Waals surface area contributed by atoms with Crippen molar-refractivity contribution in [1.82, 2.24) is 5.32 Å². The van der Waals surface area contributed by atoms with Gasteiger partial charge in [-0.3, -0.25) is 4.79 Å². The monoisotopic (exact) mass is 324 g/mol. The van der Waals surface area contributed by atoms with Gasteiger partial charge in [0.05, 0.1) is 0 Å². The Balaban J connectivity index is 1.71. The summed E-state index contributed by atoms with van der Waals surface area (Å²) in [5.74, 6) is 0.728. The van der Waals surface area contributed by atoms with Gasteiger partial charge in [0.2, 0.25) is 5.91 Å². The average molecular weight is 325 g/mol. The number of halogens is 1. The van der Waals surface area contributed by atoms with Crippen LogP contribution < -0.4 is 11.1 Å². The third kappa shape index (κ3) is 4.62. The van der Waals surface area contributed by atoms with Gasteiger partial charge in [-0.05, 0) is 49.3 Å². The highest BCUT2D eigenvalue weighted by atomic mass is 79.9. The minimum atomic E-state index is 0.0941. The van der Waals surface area contributed by atoms with Crippen LogP contribution in [0, 0.1) is 12.8 Å². The van der Waals surface area contributed by atoms with Gasteiger partial charge < -0.3 is 11.1 Å². The summed E-state index contributed by atoms with van der Waals surface area (Å²) in [6.45, 7) is 2.67. The van der Waals surface area contributed by atoms with Crippen molar-refractivity contribution in [1.29, 1.82) is 0 Å². The van der Waals surface area contributed by atoms with Crippen LogP contribution in [0.5, 0.6) is 0 Å². The summed E-state index contributed by atoms with van der Waals surface area (Å²) in [6, 6.07) is 6.35. The fraction of sp³-hybridized carbons (Fsp3) is 0.533. The maximum atomic E-state index is 11.7. The van der Waals surface area contributed by atoms with Crippen LogP contribution in [0.25, 0.3) is 0 Å². The second-order valence-corrected chi connectivity index (χ2v) is 6.24. The normalized spacial score (nSPS) is 16.2. The quantitative estimate of drug-likeness (QED) is 0.844. The summed E-state index contributed by atoms with van der Waals surface area (Å²) < 4.78 is 1.11. The molecule has 0 heterocycles. The number of nitrogens with one attached hydrogen (secondary N) is 1. The predicted molar refractivity (Wildman–Crippen MR) is 80.9 cm³/mol. The van der Waals surface area contributed by atoms with Crippen molar-refractivity contribution in [2.45, 2.75) is 38.6 Å². The standard InChI is InChI=1S/C15H21BrN2O/c1-10-8-11(2-6-13(10)16)3-7-15(19)18-9-14(17)12-4-5-12/h2,6,8,12,14H,3-5,7,9,17H2,1H3,(H,18,19). The lowest BCUT2D eigenvalue weighted by atomic mass is 10.1. The van der Waals surface area contributed by atoms with Crippen molar-refractivity contribution in [3.8, 4) is 0 Å². The molecule has 0 radical (unpaired) electrons. The number of rotatable bonds is 6. The summed E-state index contributed by atoms with van der Waals surface area (Å²) in [6.07, 6.45) is 3.74. The van der Waals surface area contributed by atoms with Crippen LogP contribution in [0.3, 0.4) is 0 Å². The number of aryl methyl sites for hydroxylation is 2. The molecule has 3 N–H and O–H groups in total. The summed E-state index contributed by atoms with van der Waals surface area (Å²) in [4.78, 5) is 11.7. The summed E-state index contributed by atoms with van der Waals surface area (Å²) in [5.41, 5.74) is 8.35. The lowest BCUT2D eigenvalue weighted by molar-refractivity contribution is -0.121. The molecule has 0 aliphatic heterocycles. The highest BCUT2D eigenvalue weighted by Crippen LogP contribution is 2.31. The molecule has 1 aliphatic carbocycles. The molecule has 19 heavy (non-hydrogen) atoms. The molecule has 1 aromatic carbocycles. The van der Waals surface area contributed by atoms with E-state index in [1.54, 1.807) is 0 Å². The SMILES string of the molecule is Cc1cc(CCC(=O)NCC(N)C2CC2)ccc1Br. The lowest BCUT2D eigenvalue weighted by Gasteiger charge is -2.11. The Bertz CT molecular complexity index is 457. The minimum absolute atomic E-state index is 0.0941. The van der Waals surface area contributed by atoms with Crippen LogP contribution in [0.4, 0.5) is 0 Å². The van der Waals surface area contributed by atoms with Crippen LogP contribution in [0.2, 0.25) is 0 Å². The maximum absolute atomic E-state index is 11.7. The van der Waals surface area contributed by atoms with E-state index in [2.05, 4.69) is 40.3 Å². The Morgan fingerprint density at radius 2 is 2.26 bits per heavy atom. The van der Waals surface area contributed by atoms with Gasteiger partial charge in [0.15, 0.2) is 0 Å². The number of carbonyl (C=O) groups excluding carboxylic acids is 1. The molecule has 1 unspecified atom stereocenters. The lowest BCUT2D eigenvalue weighted by Crippen LogP contribution is -2.38. The topological polar surface area (TPSA) is 55.1 Å². The van der Waals surface area contributed by atoms with Crippen molar-refractivity contribution in [2.75, 3.05) is 6.54 Å². The Hall–Kier alpha value is -0.870. The minimum Gasteiger partial charge on any atom is -0.355 e. The molecule has 4 heteroatoms. The third-order valence-corrected chi connectivity index (χ3v) is 4.52. The second-order valence-electron chi connectivity index (χ2n) is 5.39. The average Bonchev–Trinajstić information content (AvgIpc) is 3.21. The highest BCUT2D eigenvalue weighted by Gasteiger charge is 2.28. The molecule has 1 amide bonds. The molecule has 1 aromatic rings. The zero-order chi connectivity index (χ0) is 13.8. The van der Waals surface area contributed by atoms with Crippen molar-refractivity contribution in [3.05, 3.63) is 33.8 Å². The number of carbonyl (C=O) groups is 1. The molecule has 2 rings (SSSR count). The summed E-state index contributed by atoms with van der Waals surface area (Å²) in [5, 5.41) is 2.93. The fourth-order valence-corrected chi connectivity index (χ4v) is 2.38. The van der Waals surface area contributed by atoms with Crippen molar-refractivity contribution in [3.63, 3.8) is 0 Å². The van der Waals surface area contributed by atoms with E-state index in [4.69, 9.17) is 5.73 Å².